The molecule has 1 fully saturated rings. The summed E-state index contributed by atoms with van der Waals surface area (Å²) in [5, 5.41) is 10.2. The van der Waals surface area contributed by atoms with Crippen molar-refractivity contribution in [2.24, 2.45) is 0 Å². The smallest absolute Gasteiger partial charge is 0.240 e. The predicted molar refractivity (Wildman–Crippen MR) is 172 cm³/mol. The normalized spacial score (nSPS) is 20.2. The molecule has 2 heterocycles. The molecule has 0 spiro atoms. The molecule has 45 heavy (non-hydrogen) atoms. The zero-order valence-electron chi connectivity index (χ0n) is 24.0. The molecule has 0 amide bonds. The minimum atomic E-state index is -3.65. The Balaban J connectivity index is 1.30. The topological polar surface area (TPSA) is 103 Å². The summed E-state index contributed by atoms with van der Waals surface area (Å²) in [4.78, 5) is 4.36. The van der Waals surface area contributed by atoms with Gasteiger partial charge in [0.1, 0.15) is 5.15 Å². The Kier molecular flexibility index (Phi) is 9.67. The number of nitrogens with zero attached hydrogens (tertiary/aromatic N) is 2. The lowest BCUT2D eigenvalue weighted by Gasteiger charge is -2.43. The molecule has 1 saturated heterocycles. The Morgan fingerprint density at radius 1 is 0.778 bits per heavy atom. The first kappa shape index (κ1) is 31.4. The van der Waals surface area contributed by atoms with Gasteiger partial charge in [0.25, 0.3) is 0 Å². The van der Waals surface area contributed by atoms with Crippen molar-refractivity contribution in [1.82, 2.24) is 14.3 Å². The van der Waals surface area contributed by atoms with Gasteiger partial charge in [-0.25, -0.2) is 18.1 Å². The van der Waals surface area contributed by atoms with E-state index in [4.69, 9.17) is 32.7 Å². The van der Waals surface area contributed by atoms with Crippen molar-refractivity contribution in [2.75, 3.05) is 0 Å². The molecule has 1 aliphatic rings. The van der Waals surface area contributed by atoms with Crippen LogP contribution in [0.4, 0.5) is 0 Å². The number of ether oxygens (including phenoxy) is 2. The number of imidazole rings is 1. The van der Waals surface area contributed by atoms with E-state index in [1.807, 2.05) is 78.9 Å². The van der Waals surface area contributed by atoms with E-state index in [0.717, 1.165) is 27.8 Å². The summed E-state index contributed by atoms with van der Waals surface area (Å²) in [5.41, 5.74) is 4.31. The fraction of sp³-hybridized carbons (Fsp3) is 0.206. The van der Waals surface area contributed by atoms with Gasteiger partial charge in [-0.05, 0) is 34.4 Å². The molecular weight excluding hydrogens is 633 g/mol. The summed E-state index contributed by atoms with van der Waals surface area (Å²) in [6, 6.07) is 33.5. The number of aliphatic hydroxyl groups excluding tert-OH is 1. The van der Waals surface area contributed by atoms with Gasteiger partial charge in [0.2, 0.25) is 10.0 Å². The van der Waals surface area contributed by atoms with Crippen molar-refractivity contribution >= 4 is 33.2 Å². The van der Waals surface area contributed by atoms with Crippen molar-refractivity contribution in [1.29, 1.82) is 0 Å². The van der Waals surface area contributed by atoms with Crippen LogP contribution in [0.1, 0.15) is 46.1 Å². The zero-order chi connectivity index (χ0) is 31.4. The Bertz CT molecular complexity index is 1820. The van der Waals surface area contributed by atoms with Gasteiger partial charge in [0, 0.05) is 18.0 Å². The molecule has 1 unspecified atom stereocenters. The molecule has 8 nitrogen and oxygen atoms in total. The van der Waals surface area contributed by atoms with Crippen molar-refractivity contribution in [3.05, 3.63) is 154 Å². The fourth-order valence-electron chi connectivity index (χ4n) is 5.48. The standard InChI is InChI=1S/C34H31Cl2N3O5S/c35-32-33(36)39(22-37-32)20-29-30(25-7-3-1-4-8-25)31(26-15-13-24(21-40)14-16-26)44-34(43-29)27-17-11-23(12-18-27)19-38-45(41,42)28-9-5-2-6-10-28/h1-18,22,29-31,34,38,40H,19-21H2/t29-,30-,31+,34?/m1/s1. The Hall–Kier alpha value is -3.54. The predicted octanol–water partition coefficient (Wildman–Crippen LogP) is 6.80. The highest BCUT2D eigenvalue weighted by atomic mass is 35.5. The second-order valence-electron chi connectivity index (χ2n) is 10.8. The lowest BCUT2D eigenvalue weighted by atomic mass is 9.83. The van der Waals surface area contributed by atoms with Crippen LogP contribution in [0.2, 0.25) is 10.3 Å². The second kappa shape index (κ2) is 13.8. The molecule has 4 aromatic carbocycles. The number of benzene rings is 4. The van der Waals surface area contributed by atoms with Crippen molar-refractivity contribution < 1.29 is 23.0 Å². The van der Waals surface area contributed by atoms with E-state index in [2.05, 4.69) is 9.71 Å². The number of hydrogen-bond donors (Lipinski definition) is 2. The summed E-state index contributed by atoms with van der Waals surface area (Å²) in [6.07, 6.45) is 0.0230. The molecule has 5 aromatic rings. The number of sulfonamides is 1. The van der Waals surface area contributed by atoms with Crippen LogP contribution in [-0.2, 0) is 39.2 Å². The average molecular weight is 665 g/mol. The van der Waals surface area contributed by atoms with Crippen molar-refractivity contribution in [2.45, 2.75) is 49.0 Å². The molecule has 4 atom stereocenters. The lowest BCUT2D eigenvalue weighted by Crippen LogP contribution is -2.39. The third kappa shape index (κ3) is 7.15. The molecule has 0 aliphatic carbocycles. The maximum atomic E-state index is 12.7. The number of hydrogen-bond acceptors (Lipinski definition) is 6. The molecule has 2 N–H and O–H groups in total. The van der Waals surface area contributed by atoms with E-state index < -0.39 is 28.5 Å². The van der Waals surface area contributed by atoms with Gasteiger partial charge in [-0.1, -0.05) is 120 Å². The van der Waals surface area contributed by atoms with E-state index in [0.29, 0.717) is 11.7 Å². The Morgan fingerprint density at radius 2 is 1.40 bits per heavy atom. The van der Waals surface area contributed by atoms with Gasteiger partial charge in [-0.2, -0.15) is 0 Å². The molecule has 0 bridgehead atoms. The highest BCUT2D eigenvalue weighted by Crippen LogP contribution is 2.47. The molecule has 11 heteroatoms. The highest BCUT2D eigenvalue weighted by molar-refractivity contribution is 7.89. The second-order valence-corrected chi connectivity index (χ2v) is 13.2. The molecule has 1 aliphatic heterocycles. The Labute approximate surface area is 272 Å². The molecule has 0 radical (unpaired) electrons. The van der Waals surface area contributed by atoms with Gasteiger partial charge in [0.15, 0.2) is 11.4 Å². The number of aliphatic hydroxyl groups is 1. The van der Waals surface area contributed by atoms with Crippen LogP contribution >= 0.6 is 23.2 Å². The fourth-order valence-corrected chi connectivity index (χ4v) is 6.84. The molecule has 232 valence electrons. The number of rotatable bonds is 10. The lowest BCUT2D eigenvalue weighted by molar-refractivity contribution is -0.263. The van der Waals surface area contributed by atoms with Crippen LogP contribution in [0.25, 0.3) is 0 Å². The van der Waals surface area contributed by atoms with Crippen LogP contribution in [0.5, 0.6) is 0 Å². The van der Waals surface area contributed by atoms with Crippen molar-refractivity contribution in [3.8, 4) is 0 Å². The monoisotopic (exact) mass is 663 g/mol. The van der Waals surface area contributed by atoms with Crippen molar-refractivity contribution in [3.63, 3.8) is 0 Å². The van der Waals surface area contributed by atoms with Gasteiger partial charge in [0.05, 0.1) is 36.6 Å². The summed E-state index contributed by atoms with van der Waals surface area (Å²) < 4.78 is 43.2. The SMILES string of the molecule is O=S(=O)(NCc1ccc(C2O[C@H](Cn3cnc(Cl)c3Cl)[C@@H](c3ccccc3)[C@H](c3ccc(CO)cc3)O2)cc1)c1ccccc1. The molecule has 1 aromatic heterocycles. The number of nitrogens with one attached hydrogen (secondary N) is 1. The highest BCUT2D eigenvalue weighted by Gasteiger charge is 2.42. The summed E-state index contributed by atoms with van der Waals surface area (Å²) in [7, 11) is -3.65. The van der Waals surface area contributed by atoms with Crippen LogP contribution in [0, 0.1) is 0 Å². The molecular formula is C34H31Cl2N3O5S. The largest absolute Gasteiger partial charge is 0.392 e. The summed E-state index contributed by atoms with van der Waals surface area (Å²) in [5.74, 6) is -0.230. The molecule has 0 saturated carbocycles. The van der Waals surface area contributed by atoms with Gasteiger partial charge >= 0.3 is 0 Å². The van der Waals surface area contributed by atoms with E-state index in [1.165, 1.54) is 0 Å². The van der Waals surface area contributed by atoms with E-state index in [9.17, 15) is 13.5 Å². The number of halogens is 2. The van der Waals surface area contributed by atoms with E-state index in [1.54, 1.807) is 41.2 Å². The van der Waals surface area contributed by atoms with Crippen LogP contribution in [-0.4, -0.2) is 29.2 Å². The Morgan fingerprint density at radius 3 is 2.02 bits per heavy atom. The van der Waals surface area contributed by atoms with Gasteiger partial charge in [-0.15, -0.1) is 0 Å². The summed E-state index contributed by atoms with van der Waals surface area (Å²) >= 11 is 12.7. The first-order valence-electron chi connectivity index (χ1n) is 14.4. The minimum absolute atomic E-state index is 0.0595. The van der Waals surface area contributed by atoms with Gasteiger partial charge < -0.3 is 19.1 Å². The molecule has 6 rings (SSSR count). The third-order valence-corrected chi connectivity index (χ3v) is 10.0. The van der Waals surface area contributed by atoms with E-state index in [-0.39, 0.29) is 29.1 Å². The quantitative estimate of drug-likeness (QED) is 0.170. The first-order valence-corrected chi connectivity index (χ1v) is 16.6. The van der Waals surface area contributed by atoms with Gasteiger partial charge in [-0.3, -0.25) is 0 Å². The van der Waals surface area contributed by atoms with Crippen LogP contribution in [0.15, 0.2) is 120 Å². The average Bonchev–Trinajstić information content (AvgIpc) is 3.40. The van der Waals surface area contributed by atoms with E-state index >= 15 is 0 Å². The number of aromatic nitrogens is 2. The minimum Gasteiger partial charge on any atom is -0.392 e. The third-order valence-electron chi connectivity index (χ3n) is 7.85. The van der Waals surface area contributed by atoms with Crippen LogP contribution in [0.3, 0.4) is 0 Å². The summed E-state index contributed by atoms with van der Waals surface area (Å²) in [6.45, 7) is 0.431. The maximum absolute atomic E-state index is 12.7. The first-order chi connectivity index (χ1) is 21.8. The maximum Gasteiger partial charge on any atom is 0.240 e. The van der Waals surface area contributed by atoms with Crippen LogP contribution < -0.4 is 4.72 Å². The zero-order valence-corrected chi connectivity index (χ0v) is 26.4.